The molecule has 98 valence electrons. The Morgan fingerprint density at radius 1 is 1.44 bits per heavy atom. The van der Waals surface area contributed by atoms with E-state index in [0.717, 1.165) is 37.1 Å². The zero-order chi connectivity index (χ0) is 13.1. The van der Waals surface area contributed by atoms with Gasteiger partial charge in [0.25, 0.3) is 0 Å². The predicted molar refractivity (Wildman–Crippen MR) is 70.2 cm³/mol. The molecule has 0 spiro atoms. The van der Waals surface area contributed by atoms with Crippen molar-refractivity contribution in [3.8, 4) is 0 Å². The molecule has 1 heterocycles. The zero-order valence-electron chi connectivity index (χ0n) is 10.6. The van der Waals surface area contributed by atoms with Gasteiger partial charge < -0.3 is 15.1 Å². The van der Waals surface area contributed by atoms with Crippen LogP contribution in [0, 0.1) is 6.92 Å². The van der Waals surface area contributed by atoms with Crippen molar-refractivity contribution in [3.63, 3.8) is 0 Å². The fourth-order valence-corrected chi connectivity index (χ4v) is 2.62. The Morgan fingerprint density at radius 2 is 2.22 bits per heavy atom. The van der Waals surface area contributed by atoms with Crippen LogP contribution in [0.3, 0.4) is 0 Å². The van der Waals surface area contributed by atoms with E-state index in [1.165, 1.54) is 0 Å². The first-order valence-electron chi connectivity index (χ1n) is 6.35. The van der Waals surface area contributed by atoms with E-state index >= 15 is 0 Å². The summed E-state index contributed by atoms with van der Waals surface area (Å²) >= 11 is 0. The molecule has 1 aromatic rings. The minimum absolute atomic E-state index is 0.153. The number of piperidine rings is 1. The standard InChI is InChI=1S/C14H19NO3/c1-10-8-11(14(17)18)5-6-13(10)15-7-3-2-4-12(15)9-16/h5-6,8,12,16H,2-4,7,9H2,1H3,(H,17,18). The van der Waals surface area contributed by atoms with E-state index in [0.29, 0.717) is 5.56 Å². The average Bonchev–Trinajstić information content (AvgIpc) is 2.38. The summed E-state index contributed by atoms with van der Waals surface area (Å²) in [5.41, 5.74) is 2.31. The lowest BCUT2D eigenvalue weighted by Crippen LogP contribution is -2.42. The van der Waals surface area contributed by atoms with E-state index in [-0.39, 0.29) is 12.6 Å². The van der Waals surface area contributed by atoms with Gasteiger partial charge >= 0.3 is 5.97 Å². The summed E-state index contributed by atoms with van der Waals surface area (Å²) in [5, 5.41) is 18.4. The monoisotopic (exact) mass is 249 g/mol. The largest absolute Gasteiger partial charge is 0.478 e. The number of hydrogen-bond donors (Lipinski definition) is 2. The molecule has 1 saturated heterocycles. The van der Waals surface area contributed by atoms with Crippen LogP contribution in [-0.4, -0.2) is 35.4 Å². The van der Waals surface area contributed by atoms with Crippen molar-refractivity contribution in [2.45, 2.75) is 32.2 Å². The van der Waals surface area contributed by atoms with Crippen molar-refractivity contribution >= 4 is 11.7 Å². The highest BCUT2D eigenvalue weighted by molar-refractivity contribution is 5.88. The quantitative estimate of drug-likeness (QED) is 0.860. The third-order valence-corrected chi connectivity index (χ3v) is 3.59. The lowest BCUT2D eigenvalue weighted by Gasteiger charge is -2.37. The van der Waals surface area contributed by atoms with Crippen LogP contribution in [0.5, 0.6) is 0 Å². The van der Waals surface area contributed by atoms with Crippen LogP contribution < -0.4 is 4.90 Å². The Bertz CT molecular complexity index is 445. The fraction of sp³-hybridized carbons (Fsp3) is 0.500. The maximum Gasteiger partial charge on any atom is 0.335 e. The number of aliphatic hydroxyl groups is 1. The molecule has 18 heavy (non-hydrogen) atoms. The molecule has 1 fully saturated rings. The fourth-order valence-electron chi connectivity index (χ4n) is 2.62. The second-order valence-electron chi connectivity index (χ2n) is 4.83. The Kier molecular flexibility index (Phi) is 3.87. The zero-order valence-corrected chi connectivity index (χ0v) is 10.6. The van der Waals surface area contributed by atoms with E-state index < -0.39 is 5.97 Å². The maximum absolute atomic E-state index is 10.9. The van der Waals surface area contributed by atoms with Gasteiger partial charge in [0, 0.05) is 12.2 Å². The predicted octanol–water partition coefficient (Wildman–Crippen LogP) is 2.04. The first-order valence-corrected chi connectivity index (χ1v) is 6.35. The molecule has 0 amide bonds. The summed E-state index contributed by atoms with van der Waals surface area (Å²) in [4.78, 5) is 13.1. The Morgan fingerprint density at radius 3 is 2.83 bits per heavy atom. The van der Waals surface area contributed by atoms with Crippen molar-refractivity contribution in [1.29, 1.82) is 0 Å². The molecule has 0 radical (unpaired) electrons. The van der Waals surface area contributed by atoms with Crippen LogP contribution in [0.25, 0.3) is 0 Å². The van der Waals surface area contributed by atoms with Crippen molar-refractivity contribution in [2.75, 3.05) is 18.1 Å². The SMILES string of the molecule is Cc1cc(C(=O)O)ccc1N1CCCCC1CO. The normalized spacial score (nSPS) is 19.9. The molecule has 0 aromatic heterocycles. The molecule has 4 nitrogen and oxygen atoms in total. The second-order valence-corrected chi connectivity index (χ2v) is 4.83. The summed E-state index contributed by atoms with van der Waals surface area (Å²) in [6.45, 7) is 3.00. The molecule has 0 saturated carbocycles. The number of anilines is 1. The smallest absolute Gasteiger partial charge is 0.335 e. The van der Waals surface area contributed by atoms with Gasteiger partial charge in [-0.2, -0.15) is 0 Å². The van der Waals surface area contributed by atoms with Gasteiger partial charge in [0.15, 0.2) is 0 Å². The van der Waals surface area contributed by atoms with Crippen molar-refractivity contribution in [2.24, 2.45) is 0 Å². The lowest BCUT2D eigenvalue weighted by molar-refractivity contribution is 0.0697. The minimum atomic E-state index is -0.901. The number of nitrogens with zero attached hydrogens (tertiary/aromatic N) is 1. The highest BCUT2D eigenvalue weighted by Crippen LogP contribution is 2.28. The van der Waals surface area contributed by atoms with Gasteiger partial charge in [-0.05, 0) is 49.9 Å². The van der Waals surface area contributed by atoms with Crippen molar-refractivity contribution in [1.82, 2.24) is 0 Å². The molecular weight excluding hydrogens is 230 g/mol. The van der Waals surface area contributed by atoms with Gasteiger partial charge in [0.05, 0.1) is 18.2 Å². The van der Waals surface area contributed by atoms with E-state index in [9.17, 15) is 9.90 Å². The highest BCUT2D eigenvalue weighted by Gasteiger charge is 2.23. The number of aliphatic hydroxyl groups excluding tert-OH is 1. The first-order chi connectivity index (χ1) is 8.63. The average molecular weight is 249 g/mol. The van der Waals surface area contributed by atoms with E-state index in [4.69, 9.17) is 5.11 Å². The number of rotatable bonds is 3. The van der Waals surface area contributed by atoms with Gasteiger partial charge in [-0.1, -0.05) is 0 Å². The molecule has 1 aromatic carbocycles. The molecule has 0 aliphatic carbocycles. The number of carbonyl (C=O) groups is 1. The number of aromatic carboxylic acids is 1. The van der Waals surface area contributed by atoms with Gasteiger partial charge in [0.2, 0.25) is 0 Å². The number of benzene rings is 1. The maximum atomic E-state index is 10.9. The molecule has 1 atom stereocenters. The van der Waals surface area contributed by atoms with Crippen LogP contribution in [0.2, 0.25) is 0 Å². The molecule has 1 aliphatic rings. The van der Waals surface area contributed by atoms with Crippen LogP contribution >= 0.6 is 0 Å². The lowest BCUT2D eigenvalue weighted by atomic mass is 10.00. The van der Waals surface area contributed by atoms with Crippen LogP contribution in [-0.2, 0) is 0 Å². The van der Waals surface area contributed by atoms with E-state index in [2.05, 4.69) is 4.90 Å². The number of hydrogen-bond acceptors (Lipinski definition) is 3. The number of aryl methyl sites for hydroxylation is 1. The van der Waals surface area contributed by atoms with Gasteiger partial charge in [-0.3, -0.25) is 0 Å². The number of carboxylic acids is 1. The van der Waals surface area contributed by atoms with E-state index in [1.807, 2.05) is 13.0 Å². The summed E-state index contributed by atoms with van der Waals surface area (Å²) in [6, 6.07) is 5.34. The minimum Gasteiger partial charge on any atom is -0.478 e. The third kappa shape index (κ3) is 2.48. The summed E-state index contributed by atoms with van der Waals surface area (Å²) in [6.07, 6.45) is 3.27. The molecule has 4 heteroatoms. The Hall–Kier alpha value is -1.55. The van der Waals surface area contributed by atoms with Crippen LogP contribution in [0.1, 0.15) is 35.2 Å². The van der Waals surface area contributed by atoms with Crippen molar-refractivity contribution < 1.29 is 15.0 Å². The van der Waals surface area contributed by atoms with Gasteiger partial charge in [-0.15, -0.1) is 0 Å². The summed E-state index contributed by atoms with van der Waals surface area (Å²) in [5.74, 6) is -0.901. The Labute approximate surface area is 107 Å². The van der Waals surface area contributed by atoms with Crippen LogP contribution in [0.4, 0.5) is 5.69 Å². The molecule has 1 aliphatic heterocycles. The summed E-state index contributed by atoms with van der Waals surface area (Å²) in [7, 11) is 0. The second kappa shape index (κ2) is 5.40. The topological polar surface area (TPSA) is 60.8 Å². The Balaban J connectivity index is 2.29. The van der Waals surface area contributed by atoms with Gasteiger partial charge in [-0.25, -0.2) is 4.79 Å². The van der Waals surface area contributed by atoms with Gasteiger partial charge in [0.1, 0.15) is 0 Å². The molecule has 2 rings (SSSR count). The highest BCUT2D eigenvalue weighted by atomic mass is 16.4. The molecule has 1 unspecified atom stereocenters. The molecular formula is C14H19NO3. The first kappa shape index (κ1) is 12.9. The van der Waals surface area contributed by atoms with E-state index in [1.54, 1.807) is 12.1 Å². The molecule has 0 bridgehead atoms. The van der Waals surface area contributed by atoms with Crippen molar-refractivity contribution in [3.05, 3.63) is 29.3 Å². The third-order valence-electron chi connectivity index (χ3n) is 3.59. The van der Waals surface area contributed by atoms with Crippen LogP contribution in [0.15, 0.2) is 18.2 Å². The number of carboxylic acid groups (broad SMARTS) is 1. The molecule has 2 N–H and O–H groups in total. The summed E-state index contributed by atoms with van der Waals surface area (Å²) < 4.78 is 0.